The van der Waals surface area contributed by atoms with Gasteiger partial charge in [-0.25, -0.2) is 9.18 Å². The number of anilines is 1. The molecule has 0 saturated heterocycles. The number of nitro benzene ring substituents is 1. The summed E-state index contributed by atoms with van der Waals surface area (Å²) in [4.78, 5) is 22.9. The molecule has 0 aromatic heterocycles. The van der Waals surface area contributed by atoms with Crippen LogP contribution in [0.2, 0.25) is 0 Å². The van der Waals surface area contributed by atoms with Gasteiger partial charge < -0.3 is 14.8 Å². The van der Waals surface area contributed by atoms with Crippen LogP contribution in [0.1, 0.15) is 28.9 Å². The predicted molar refractivity (Wildman–Crippen MR) is 93.7 cm³/mol. The second-order valence-corrected chi connectivity index (χ2v) is 5.51. The monoisotopic (exact) mass is 362 g/mol. The summed E-state index contributed by atoms with van der Waals surface area (Å²) in [7, 11) is 1.54. The second kappa shape index (κ2) is 8.91. The number of ether oxygens (including phenoxy) is 2. The molecule has 0 unspecified atom stereocenters. The molecule has 0 spiro atoms. The van der Waals surface area contributed by atoms with E-state index in [1.807, 2.05) is 0 Å². The fourth-order valence-corrected chi connectivity index (χ4v) is 2.28. The van der Waals surface area contributed by atoms with Gasteiger partial charge in [-0.05, 0) is 30.7 Å². The molecule has 0 heterocycles. The van der Waals surface area contributed by atoms with Crippen molar-refractivity contribution in [1.82, 2.24) is 0 Å². The molecule has 0 fully saturated rings. The van der Waals surface area contributed by atoms with E-state index in [9.17, 15) is 19.3 Å². The molecule has 0 bridgehead atoms. The number of carbonyl (C=O) groups excluding carboxylic acids is 1. The van der Waals surface area contributed by atoms with Crippen LogP contribution in [0.25, 0.3) is 0 Å². The van der Waals surface area contributed by atoms with Crippen LogP contribution in [0.15, 0.2) is 42.5 Å². The average molecular weight is 362 g/mol. The molecule has 0 aliphatic rings. The zero-order chi connectivity index (χ0) is 19.1. The van der Waals surface area contributed by atoms with Crippen LogP contribution in [0.3, 0.4) is 0 Å². The SMILES string of the molecule is COCCNc1ccc([N+](=O)[O-])cc1C(=O)O[C@@H](C)c1ccc(F)cc1. The lowest BCUT2D eigenvalue weighted by molar-refractivity contribution is -0.384. The largest absolute Gasteiger partial charge is 0.454 e. The highest BCUT2D eigenvalue weighted by Crippen LogP contribution is 2.26. The first kappa shape index (κ1) is 19.3. The summed E-state index contributed by atoms with van der Waals surface area (Å²) < 4.78 is 23.3. The zero-order valence-electron chi connectivity index (χ0n) is 14.4. The van der Waals surface area contributed by atoms with Crippen LogP contribution >= 0.6 is 0 Å². The summed E-state index contributed by atoms with van der Waals surface area (Å²) in [6.07, 6.45) is -0.644. The van der Waals surface area contributed by atoms with Crippen LogP contribution in [-0.2, 0) is 9.47 Å². The van der Waals surface area contributed by atoms with Crippen LogP contribution in [0, 0.1) is 15.9 Å². The number of hydrogen-bond donors (Lipinski definition) is 1. The number of carbonyl (C=O) groups is 1. The van der Waals surface area contributed by atoms with E-state index in [1.54, 1.807) is 6.92 Å². The molecule has 0 aliphatic heterocycles. The third kappa shape index (κ3) is 5.00. The summed E-state index contributed by atoms with van der Waals surface area (Å²) in [5.74, 6) is -1.11. The summed E-state index contributed by atoms with van der Waals surface area (Å²) in [6.45, 7) is 2.46. The Kier molecular flexibility index (Phi) is 6.62. The van der Waals surface area contributed by atoms with Gasteiger partial charge in [-0.1, -0.05) is 12.1 Å². The van der Waals surface area contributed by atoms with Gasteiger partial charge in [0.05, 0.1) is 17.1 Å². The number of non-ortho nitro benzene ring substituents is 1. The van der Waals surface area contributed by atoms with Gasteiger partial charge in [-0.15, -0.1) is 0 Å². The van der Waals surface area contributed by atoms with Crippen molar-refractivity contribution in [3.05, 3.63) is 69.5 Å². The Bertz CT molecular complexity index is 780. The van der Waals surface area contributed by atoms with Gasteiger partial charge in [0.15, 0.2) is 0 Å². The molecule has 2 aromatic rings. The fourth-order valence-electron chi connectivity index (χ4n) is 2.28. The predicted octanol–water partition coefficient (Wildman–Crippen LogP) is 3.71. The molecule has 2 aromatic carbocycles. The van der Waals surface area contributed by atoms with E-state index in [0.29, 0.717) is 24.4 Å². The molecule has 1 atom stereocenters. The Morgan fingerprint density at radius 1 is 1.27 bits per heavy atom. The Labute approximate surface area is 149 Å². The van der Waals surface area contributed by atoms with E-state index in [0.717, 1.165) is 6.07 Å². The summed E-state index contributed by atoms with van der Waals surface area (Å²) in [5.41, 5.74) is 0.843. The minimum Gasteiger partial charge on any atom is -0.454 e. The van der Waals surface area contributed by atoms with Crippen LogP contribution < -0.4 is 5.32 Å². The first-order chi connectivity index (χ1) is 12.4. The lowest BCUT2D eigenvalue weighted by atomic mass is 10.1. The quantitative estimate of drug-likeness (QED) is 0.333. The Balaban J connectivity index is 2.22. The highest BCUT2D eigenvalue weighted by Gasteiger charge is 2.20. The average Bonchev–Trinajstić information content (AvgIpc) is 2.62. The summed E-state index contributed by atoms with van der Waals surface area (Å²) >= 11 is 0. The highest BCUT2D eigenvalue weighted by atomic mass is 19.1. The first-order valence-electron chi connectivity index (χ1n) is 7.90. The number of nitro groups is 1. The van der Waals surface area contributed by atoms with Crippen LogP contribution in [0.5, 0.6) is 0 Å². The molecule has 2 rings (SSSR count). The number of halogens is 1. The Hall–Kier alpha value is -3.00. The smallest absolute Gasteiger partial charge is 0.341 e. The van der Waals surface area contributed by atoms with Crippen molar-refractivity contribution < 1.29 is 23.6 Å². The number of nitrogens with zero attached hydrogens (tertiary/aromatic N) is 1. The van der Waals surface area contributed by atoms with Crippen molar-refractivity contribution in [2.45, 2.75) is 13.0 Å². The van der Waals surface area contributed by atoms with Gasteiger partial charge in [0.25, 0.3) is 5.69 Å². The zero-order valence-corrected chi connectivity index (χ0v) is 14.4. The van der Waals surface area contributed by atoms with Gasteiger partial charge in [0.2, 0.25) is 0 Å². The second-order valence-electron chi connectivity index (χ2n) is 5.51. The molecule has 138 valence electrons. The molecule has 26 heavy (non-hydrogen) atoms. The fraction of sp³-hybridized carbons (Fsp3) is 0.278. The van der Waals surface area contributed by atoms with E-state index in [1.165, 1.54) is 43.5 Å². The molecular formula is C18H19FN2O5. The van der Waals surface area contributed by atoms with Gasteiger partial charge in [-0.3, -0.25) is 10.1 Å². The van der Waals surface area contributed by atoms with E-state index in [2.05, 4.69) is 5.32 Å². The third-order valence-corrected chi connectivity index (χ3v) is 3.68. The maximum absolute atomic E-state index is 13.0. The van der Waals surface area contributed by atoms with Gasteiger partial charge in [0.1, 0.15) is 11.9 Å². The van der Waals surface area contributed by atoms with Crippen molar-refractivity contribution >= 4 is 17.3 Å². The molecule has 7 nitrogen and oxygen atoms in total. The molecule has 0 saturated carbocycles. The molecular weight excluding hydrogens is 343 g/mol. The molecule has 0 radical (unpaired) electrons. The topological polar surface area (TPSA) is 90.7 Å². The minimum atomic E-state index is -0.717. The molecule has 0 amide bonds. The highest BCUT2D eigenvalue weighted by molar-refractivity contribution is 5.96. The molecule has 1 N–H and O–H groups in total. The number of esters is 1. The van der Waals surface area contributed by atoms with Gasteiger partial charge >= 0.3 is 5.97 Å². The van der Waals surface area contributed by atoms with Crippen molar-refractivity contribution in [2.24, 2.45) is 0 Å². The lowest BCUT2D eigenvalue weighted by Crippen LogP contribution is -2.15. The third-order valence-electron chi connectivity index (χ3n) is 3.68. The maximum Gasteiger partial charge on any atom is 0.341 e. The van der Waals surface area contributed by atoms with E-state index < -0.39 is 22.8 Å². The number of methoxy groups -OCH3 is 1. The lowest BCUT2D eigenvalue weighted by Gasteiger charge is -2.16. The van der Waals surface area contributed by atoms with E-state index in [-0.39, 0.29) is 11.3 Å². The maximum atomic E-state index is 13.0. The Morgan fingerprint density at radius 3 is 2.58 bits per heavy atom. The summed E-state index contributed by atoms with van der Waals surface area (Å²) in [6, 6.07) is 9.48. The number of nitrogens with one attached hydrogen (secondary N) is 1. The van der Waals surface area contributed by atoms with Gasteiger partial charge in [0, 0.05) is 31.5 Å². The van der Waals surface area contributed by atoms with Crippen molar-refractivity contribution in [3.63, 3.8) is 0 Å². The molecule has 0 aliphatic carbocycles. The number of benzene rings is 2. The van der Waals surface area contributed by atoms with E-state index in [4.69, 9.17) is 9.47 Å². The minimum absolute atomic E-state index is 0.0456. The standard InChI is InChI=1S/C18H19FN2O5/c1-12(13-3-5-14(19)6-4-13)26-18(22)16-11-15(21(23)24)7-8-17(16)20-9-10-25-2/h3-8,11-12,20H,9-10H2,1-2H3/t12-/m0/s1. The van der Waals surface area contributed by atoms with Crippen molar-refractivity contribution in [1.29, 1.82) is 0 Å². The first-order valence-corrected chi connectivity index (χ1v) is 7.90. The molecule has 8 heteroatoms. The number of rotatable bonds is 8. The van der Waals surface area contributed by atoms with Gasteiger partial charge in [-0.2, -0.15) is 0 Å². The summed E-state index contributed by atoms with van der Waals surface area (Å²) in [5, 5.41) is 14.0. The Morgan fingerprint density at radius 2 is 1.96 bits per heavy atom. The normalized spacial score (nSPS) is 11.7. The van der Waals surface area contributed by atoms with Crippen molar-refractivity contribution in [2.75, 3.05) is 25.6 Å². The van der Waals surface area contributed by atoms with Crippen LogP contribution in [0.4, 0.5) is 15.8 Å². The number of hydrogen-bond acceptors (Lipinski definition) is 6. The van der Waals surface area contributed by atoms with Crippen LogP contribution in [-0.4, -0.2) is 31.2 Å². The van der Waals surface area contributed by atoms with Crippen molar-refractivity contribution in [3.8, 4) is 0 Å². The van der Waals surface area contributed by atoms with E-state index >= 15 is 0 Å².